The van der Waals surface area contributed by atoms with Crippen LogP contribution in [0.1, 0.15) is 35.3 Å². The Labute approximate surface area is 176 Å². The summed E-state index contributed by atoms with van der Waals surface area (Å²) in [5, 5.41) is 3.39. The monoisotopic (exact) mass is 405 g/mol. The molecule has 3 rings (SSSR count). The highest BCUT2D eigenvalue weighted by molar-refractivity contribution is 6.48. The Kier molecular flexibility index (Phi) is 6.35. The second-order valence-electron chi connectivity index (χ2n) is 7.28. The topological polar surface area (TPSA) is 71.4 Å². The molecule has 30 heavy (non-hydrogen) atoms. The van der Waals surface area contributed by atoms with Crippen LogP contribution in [0.2, 0.25) is 0 Å². The predicted molar refractivity (Wildman–Crippen MR) is 119 cm³/mol. The number of aromatic nitrogens is 1. The smallest absolute Gasteiger partial charge is 0.296 e. The van der Waals surface area contributed by atoms with E-state index in [1.165, 1.54) is 0 Å². The Bertz CT molecular complexity index is 1110. The molecule has 0 aliphatic carbocycles. The first-order valence-electron chi connectivity index (χ1n) is 10.1. The van der Waals surface area contributed by atoms with Crippen LogP contribution in [-0.2, 0) is 16.1 Å². The number of carbonyl (C=O) groups excluding carboxylic acids is 3. The number of rotatable bonds is 7. The number of hydrogen-bond donors (Lipinski definition) is 1. The molecule has 0 saturated carbocycles. The number of likely N-dealkylation sites (N-methyl/N-ethyl adjacent to an activating group) is 1. The first-order valence-corrected chi connectivity index (χ1v) is 10.1. The van der Waals surface area contributed by atoms with E-state index in [4.69, 9.17) is 0 Å². The van der Waals surface area contributed by atoms with E-state index in [2.05, 4.69) is 5.32 Å². The van der Waals surface area contributed by atoms with Gasteiger partial charge in [-0.1, -0.05) is 30.3 Å². The van der Waals surface area contributed by atoms with Gasteiger partial charge in [0.25, 0.3) is 11.7 Å². The third kappa shape index (κ3) is 4.13. The summed E-state index contributed by atoms with van der Waals surface area (Å²) in [7, 11) is 0. The molecule has 2 aromatic carbocycles. The molecule has 0 spiro atoms. The van der Waals surface area contributed by atoms with Gasteiger partial charge in [0.1, 0.15) is 6.54 Å². The van der Waals surface area contributed by atoms with E-state index in [1.807, 2.05) is 58.0 Å². The largest absolute Gasteiger partial charge is 0.342 e. The van der Waals surface area contributed by atoms with Crippen molar-refractivity contribution >= 4 is 34.2 Å². The third-order valence-electron chi connectivity index (χ3n) is 5.51. The van der Waals surface area contributed by atoms with Crippen molar-refractivity contribution in [3.63, 3.8) is 0 Å². The van der Waals surface area contributed by atoms with Gasteiger partial charge in [-0.05, 0) is 51.0 Å². The van der Waals surface area contributed by atoms with E-state index < -0.39 is 11.7 Å². The lowest BCUT2D eigenvalue weighted by atomic mass is 10.1. The quantitative estimate of drug-likeness (QED) is 0.478. The highest BCUT2D eigenvalue weighted by Gasteiger charge is 2.23. The second-order valence-corrected chi connectivity index (χ2v) is 7.28. The molecule has 0 fully saturated rings. The van der Waals surface area contributed by atoms with Crippen LogP contribution in [0.15, 0.2) is 48.7 Å². The van der Waals surface area contributed by atoms with Gasteiger partial charge in [-0.2, -0.15) is 0 Å². The van der Waals surface area contributed by atoms with Gasteiger partial charge in [-0.25, -0.2) is 0 Å². The lowest BCUT2D eigenvalue weighted by Gasteiger charge is -2.19. The Balaban J connectivity index is 1.92. The average Bonchev–Trinajstić information content (AvgIpc) is 3.10. The number of hydrogen-bond acceptors (Lipinski definition) is 3. The first kappa shape index (κ1) is 21.3. The van der Waals surface area contributed by atoms with E-state index in [0.717, 1.165) is 16.6 Å². The van der Waals surface area contributed by atoms with Crippen molar-refractivity contribution in [3.8, 4) is 0 Å². The highest BCUT2D eigenvalue weighted by atomic mass is 16.2. The number of ketones is 1. The van der Waals surface area contributed by atoms with E-state index in [9.17, 15) is 14.4 Å². The van der Waals surface area contributed by atoms with Gasteiger partial charge in [-0.15, -0.1) is 0 Å². The molecular weight excluding hydrogens is 378 g/mol. The van der Waals surface area contributed by atoms with Crippen molar-refractivity contribution in [2.45, 2.75) is 34.2 Å². The average molecular weight is 405 g/mol. The Morgan fingerprint density at radius 3 is 2.37 bits per heavy atom. The SMILES string of the molecule is CCN(CC)C(=O)Cn1cc(C(=O)C(=O)Nc2cccc(C)c2C)c2ccccc21. The minimum Gasteiger partial charge on any atom is -0.342 e. The van der Waals surface area contributed by atoms with Crippen molar-refractivity contribution in [1.82, 2.24) is 9.47 Å². The number of amides is 2. The number of anilines is 1. The molecule has 2 amide bonds. The fraction of sp³-hybridized carbons (Fsp3) is 0.292. The Morgan fingerprint density at radius 2 is 1.67 bits per heavy atom. The Morgan fingerprint density at radius 1 is 0.967 bits per heavy atom. The normalized spacial score (nSPS) is 10.8. The summed E-state index contributed by atoms with van der Waals surface area (Å²) in [6, 6.07) is 12.9. The van der Waals surface area contributed by atoms with Gasteiger partial charge in [0.15, 0.2) is 0 Å². The number of aryl methyl sites for hydroxylation is 1. The summed E-state index contributed by atoms with van der Waals surface area (Å²) in [5.74, 6) is -1.34. The minimum absolute atomic E-state index is 0.0282. The molecule has 1 N–H and O–H groups in total. The maximum atomic E-state index is 13.0. The van der Waals surface area contributed by atoms with E-state index in [-0.39, 0.29) is 12.5 Å². The van der Waals surface area contributed by atoms with Crippen molar-refractivity contribution in [2.24, 2.45) is 0 Å². The summed E-state index contributed by atoms with van der Waals surface area (Å²) in [5.41, 5.74) is 3.62. The zero-order valence-electron chi connectivity index (χ0n) is 17.9. The molecule has 6 nitrogen and oxygen atoms in total. The fourth-order valence-electron chi connectivity index (χ4n) is 3.57. The maximum absolute atomic E-state index is 13.0. The summed E-state index contributed by atoms with van der Waals surface area (Å²) >= 11 is 0. The molecule has 0 aliphatic rings. The molecule has 0 unspecified atom stereocenters. The summed E-state index contributed by atoms with van der Waals surface area (Å²) < 4.78 is 1.74. The van der Waals surface area contributed by atoms with Gasteiger partial charge in [-0.3, -0.25) is 14.4 Å². The van der Waals surface area contributed by atoms with Crippen LogP contribution in [-0.4, -0.2) is 40.2 Å². The van der Waals surface area contributed by atoms with Crippen molar-refractivity contribution in [2.75, 3.05) is 18.4 Å². The number of nitrogens with one attached hydrogen (secondary N) is 1. The standard InChI is InChI=1S/C24H27N3O3/c1-5-26(6-2)22(28)15-27-14-19(18-11-7-8-13-21(18)27)23(29)24(30)25-20-12-9-10-16(3)17(20)4/h7-14H,5-6,15H2,1-4H3,(H,25,30). The molecule has 1 heterocycles. The van der Waals surface area contributed by atoms with Crippen LogP contribution in [0, 0.1) is 13.8 Å². The van der Waals surface area contributed by atoms with Crippen molar-refractivity contribution in [1.29, 1.82) is 0 Å². The van der Waals surface area contributed by atoms with E-state index in [0.29, 0.717) is 29.7 Å². The summed E-state index contributed by atoms with van der Waals surface area (Å²) in [4.78, 5) is 40.0. The molecule has 1 aromatic heterocycles. The summed E-state index contributed by atoms with van der Waals surface area (Å²) in [6.45, 7) is 9.09. The van der Waals surface area contributed by atoms with Crippen LogP contribution in [0.4, 0.5) is 5.69 Å². The molecular formula is C24H27N3O3. The van der Waals surface area contributed by atoms with Crippen LogP contribution in [0.5, 0.6) is 0 Å². The lowest BCUT2D eigenvalue weighted by Crippen LogP contribution is -2.33. The molecule has 0 radical (unpaired) electrons. The molecule has 6 heteroatoms. The minimum atomic E-state index is -0.693. The van der Waals surface area contributed by atoms with Crippen LogP contribution in [0.25, 0.3) is 10.9 Å². The number of nitrogens with zero attached hydrogens (tertiary/aromatic N) is 2. The van der Waals surface area contributed by atoms with Gasteiger partial charge < -0.3 is 14.8 Å². The second kappa shape index (κ2) is 8.95. The third-order valence-corrected chi connectivity index (χ3v) is 5.51. The predicted octanol–water partition coefficient (Wildman–Crippen LogP) is 3.95. The number of fused-ring (bicyclic) bond motifs is 1. The molecule has 0 aliphatic heterocycles. The molecule has 0 saturated heterocycles. The first-order chi connectivity index (χ1) is 14.4. The zero-order chi connectivity index (χ0) is 21.8. The van der Waals surface area contributed by atoms with Crippen LogP contribution < -0.4 is 5.32 Å². The molecule has 156 valence electrons. The zero-order valence-corrected chi connectivity index (χ0v) is 17.9. The number of Topliss-reactive ketones (excluding diaryl/α,β-unsaturated/α-hetero) is 1. The van der Waals surface area contributed by atoms with Crippen LogP contribution >= 0.6 is 0 Å². The molecule has 0 bridgehead atoms. The van der Waals surface area contributed by atoms with Gasteiger partial charge in [0.2, 0.25) is 5.91 Å². The van der Waals surface area contributed by atoms with E-state index in [1.54, 1.807) is 27.8 Å². The molecule has 0 atom stereocenters. The molecule has 3 aromatic rings. The highest BCUT2D eigenvalue weighted by Crippen LogP contribution is 2.23. The summed E-state index contributed by atoms with van der Waals surface area (Å²) in [6.07, 6.45) is 1.61. The van der Waals surface area contributed by atoms with Crippen molar-refractivity contribution < 1.29 is 14.4 Å². The van der Waals surface area contributed by atoms with E-state index >= 15 is 0 Å². The number of benzene rings is 2. The Hall–Kier alpha value is -3.41. The van der Waals surface area contributed by atoms with Gasteiger partial charge in [0, 0.05) is 35.9 Å². The van der Waals surface area contributed by atoms with Crippen LogP contribution in [0.3, 0.4) is 0 Å². The van der Waals surface area contributed by atoms with Crippen molar-refractivity contribution in [3.05, 3.63) is 65.4 Å². The van der Waals surface area contributed by atoms with Gasteiger partial charge in [0.05, 0.1) is 5.56 Å². The maximum Gasteiger partial charge on any atom is 0.296 e. The lowest BCUT2D eigenvalue weighted by molar-refractivity contribution is -0.131. The number of carbonyl (C=O) groups is 3. The van der Waals surface area contributed by atoms with Gasteiger partial charge >= 0.3 is 0 Å². The fourth-order valence-corrected chi connectivity index (χ4v) is 3.57. The number of para-hydroxylation sites is 1.